The Hall–Kier alpha value is -5.87. The number of Topliss-reactive ketones (excluding diaryl/α,β-unsaturated/α-hetero) is 1. The van der Waals surface area contributed by atoms with Crippen LogP contribution in [0.1, 0.15) is 137 Å². The minimum Gasteiger partial charge on any atom is -0.478 e. The highest BCUT2D eigenvalue weighted by molar-refractivity contribution is 7.80. The van der Waals surface area contributed by atoms with Crippen molar-refractivity contribution >= 4 is 34.0 Å². The van der Waals surface area contributed by atoms with Crippen molar-refractivity contribution in [1.29, 1.82) is 0 Å². The van der Waals surface area contributed by atoms with Crippen LogP contribution in [0.2, 0.25) is 0 Å². The molecule has 0 rings (SSSR count). The summed E-state index contributed by atoms with van der Waals surface area (Å²) in [5.74, 6) is -3.99. The Morgan fingerprint density at radius 1 is 0.567 bits per heavy atom. The first-order chi connectivity index (χ1) is 42.6. The van der Waals surface area contributed by atoms with Crippen LogP contribution in [0, 0.1) is 17.8 Å². The normalized spacial score (nSPS) is 18.8. The number of carbonyl (C=O) groups excluding carboxylic acids is 2. The molecule has 0 saturated carbocycles. The van der Waals surface area contributed by atoms with Crippen molar-refractivity contribution in [3.63, 3.8) is 0 Å². The van der Waals surface area contributed by atoms with E-state index in [1.165, 1.54) is 68.5 Å². The van der Waals surface area contributed by atoms with Gasteiger partial charge in [0.05, 0.1) is 61.0 Å². The first kappa shape index (κ1) is 84.1. The minimum absolute atomic E-state index is 0.0268. The number of aliphatic hydroxyl groups excluding tert-OH is 11. The monoisotopic (exact) mass is 1290 g/mol. The standard InChI is InChI=1S/C67H105N3O19S/c1-6-7-21-41-63(81)70-67(68)69-42-29-38-57(76)44-54(73)33-26-32-52(71)43-53(72)34-27-35-55(74)45-59(78)46-56(75)36-28-37-58(77)47-61(80)65(83)51(5)62(89-90(86,87)88)40-25-20-16-11-9-8-10-15-19-24-39-60(79)50(4)64(82)48(2)30-22-17-13-12-14-18-23-31-49(3)66(84)85/h8-12,14-16,18-20,22-28,30-32,35,37,39-40,48,50-62,64,71-80,82H,6-7,13,17,21,29,33-34,36,38,41-47H2,1-5H3,(H,84,85)(H,86,87,88)(H3,68,69,70,81)/b10-8+,11-9+,14-12+,19-15+,20-16+,23-18+,30-22+,32-26+,35-27+,37-28+,39-24+,40-25-,49-31+. The van der Waals surface area contributed by atoms with Crippen molar-refractivity contribution < 1.29 is 92.8 Å². The summed E-state index contributed by atoms with van der Waals surface area (Å²) in [7, 11) is -5.04. The lowest BCUT2D eigenvalue weighted by Crippen LogP contribution is -2.37. The second kappa shape index (κ2) is 50.7. The summed E-state index contributed by atoms with van der Waals surface area (Å²) < 4.78 is 37.3. The van der Waals surface area contributed by atoms with E-state index in [-0.39, 0.29) is 68.3 Å². The van der Waals surface area contributed by atoms with Gasteiger partial charge in [-0.05, 0) is 71.1 Å². The smallest absolute Gasteiger partial charge is 0.397 e. The highest BCUT2D eigenvalue weighted by Crippen LogP contribution is 2.21. The molecule has 0 aromatic carbocycles. The van der Waals surface area contributed by atoms with Gasteiger partial charge in [0, 0.05) is 55.6 Å². The van der Waals surface area contributed by atoms with E-state index < -0.39 is 114 Å². The molecular weight excluding hydrogens is 1180 g/mol. The maximum atomic E-state index is 13.1. The molecule has 16 N–H and O–H groups in total. The van der Waals surface area contributed by atoms with E-state index in [4.69, 9.17) is 15.0 Å². The highest BCUT2D eigenvalue weighted by atomic mass is 32.3. The fourth-order valence-electron chi connectivity index (χ4n) is 8.49. The molecule has 0 aliphatic rings. The van der Waals surface area contributed by atoms with Crippen molar-refractivity contribution in [2.24, 2.45) is 28.5 Å². The number of rotatable bonds is 49. The van der Waals surface area contributed by atoms with E-state index in [2.05, 4.69) is 10.3 Å². The zero-order valence-corrected chi connectivity index (χ0v) is 53.6. The van der Waals surface area contributed by atoms with Crippen LogP contribution in [0.3, 0.4) is 0 Å². The zero-order chi connectivity index (χ0) is 67.9. The summed E-state index contributed by atoms with van der Waals surface area (Å²) >= 11 is 0. The Morgan fingerprint density at radius 3 is 1.60 bits per heavy atom. The topological polar surface area (TPSA) is 408 Å². The van der Waals surface area contributed by atoms with Crippen molar-refractivity contribution in [1.82, 2.24) is 5.32 Å². The molecule has 0 bridgehead atoms. The number of amides is 1. The number of guanidine groups is 1. The number of carboxylic acids is 1. The van der Waals surface area contributed by atoms with Crippen LogP contribution in [-0.4, -0.2) is 178 Å². The lowest BCUT2D eigenvalue weighted by Gasteiger charge is -2.25. The molecule has 0 heterocycles. The average molecular weight is 1290 g/mol. The minimum atomic E-state index is -5.04. The predicted molar refractivity (Wildman–Crippen MR) is 350 cm³/mol. The van der Waals surface area contributed by atoms with Gasteiger partial charge in [0.25, 0.3) is 0 Å². The van der Waals surface area contributed by atoms with E-state index >= 15 is 0 Å². The lowest BCUT2D eigenvalue weighted by atomic mass is 9.88. The number of nitrogens with two attached hydrogens (primary N) is 1. The Balaban J connectivity index is 4.83. The first-order valence-electron chi connectivity index (χ1n) is 30.8. The number of hydrogen-bond donors (Lipinski definition) is 15. The molecule has 0 aromatic rings. The summed E-state index contributed by atoms with van der Waals surface area (Å²) in [5, 5.41) is 126. The summed E-state index contributed by atoms with van der Waals surface area (Å²) in [6.07, 6.45) is 31.5. The number of carbonyl (C=O) groups is 3. The second-order valence-corrected chi connectivity index (χ2v) is 23.3. The van der Waals surface area contributed by atoms with Gasteiger partial charge in [0.1, 0.15) is 12.2 Å². The molecule has 23 heteroatoms. The summed E-state index contributed by atoms with van der Waals surface area (Å²) in [5.41, 5.74) is 5.98. The van der Waals surface area contributed by atoms with Gasteiger partial charge in [-0.25, -0.2) is 8.98 Å². The number of allylic oxidation sites excluding steroid dienone is 16. The molecule has 1 amide bonds. The molecule has 0 aromatic heterocycles. The SMILES string of the molecule is CCCCCC(=O)NC(N)=NCCCC(O)CC(O)C/C=C/C(O)CC(O)C/C=C/C(O)CC(O)CC(O)C/C=C/C(O)CC(O)C(=O)C(C)C(\C=C/C=C/C=C/C=C/C=C/C=C/C(O)C(C)C(O)C(C)/C=C/CC/C=C/C=C/C=C(\C)C(=O)O)OS(=O)(=O)O. The quantitative estimate of drug-likeness (QED) is 0.00629. The van der Waals surface area contributed by atoms with Crippen molar-refractivity contribution in [2.45, 2.75) is 211 Å². The van der Waals surface area contributed by atoms with Crippen LogP contribution in [0.4, 0.5) is 0 Å². The molecule has 0 radical (unpaired) electrons. The first-order valence-corrected chi connectivity index (χ1v) is 32.1. The van der Waals surface area contributed by atoms with Crippen LogP contribution >= 0.6 is 0 Å². The fraction of sp³-hybridized carbons (Fsp3) is 0.552. The number of aliphatic imine (C=N–C) groups is 1. The van der Waals surface area contributed by atoms with Crippen molar-refractivity contribution in [2.75, 3.05) is 6.54 Å². The van der Waals surface area contributed by atoms with Crippen LogP contribution in [0.25, 0.3) is 0 Å². The average Bonchev–Trinajstić information content (AvgIpc) is 1.89. The van der Waals surface area contributed by atoms with Gasteiger partial charge in [-0.3, -0.25) is 24.5 Å². The summed E-state index contributed by atoms with van der Waals surface area (Å²) in [6.45, 7) is 8.76. The van der Waals surface area contributed by atoms with E-state index in [0.717, 1.165) is 32.1 Å². The zero-order valence-electron chi connectivity index (χ0n) is 52.8. The third-order valence-electron chi connectivity index (χ3n) is 13.8. The number of aliphatic carboxylic acids is 1. The van der Waals surface area contributed by atoms with Crippen molar-refractivity contribution in [3.05, 3.63) is 157 Å². The Bertz CT molecular complexity index is 2570. The Kier molecular flexibility index (Phi) is 47.4. The van der Waals surface area contributed by atoms with Gasteiger partial charge in [-0.15, -0.1) is 0 Å². The molecule has 0 spiro atoms. The van der Waals surface area contributed by atoms with Gasteiger partial charge in [0.2, 0.25) is 5.91 Å². The molecule has 0 fully saturated rings. The number of carboxylic acid groups (broad SMARTS) is 1. The maximum absolute atomic E-state index is 13.1. The Labute approximate surface area is 533 Å². The maximum Gasteiger partial charge on any atom is 0.397 e. The Morgan fingerprint density at radius 2 is 1.06 bits per heavy atom. The second-order valence-electron chi connectivity index (χ2n) is 22.2. The molecule has 90 heavy (non-hydrogen) atoms. The van der Waals surface area contributed by atoms with Gasteiger partial charge in [0.15, 0.2) is 11.7 Å². The molecule has 0 aliphatic heterocycles. The van der Waals surface area contributed by atoms with Crippen LogP contribution in [-0.2, 0) is 29.0 Å². The van der Waals surface area contributed by atoms with Crippen LogP contribution in [0.15, 0.2) is 162 Å². The molecule has 0 aliphatic carbocycles. The highest BCUT2D eigenvalue weighted by Gasteiger charge is 2.32. The molecule has 508 valence electrons. The third-order valence-corrected chi connectivity index (χ3v) is 14.3. The van der Waals surface area contributed by atoms with E-state index in [1.807, 2.05) is 38.2 Å². The number of unbranched alkanes of at least 4 members (excludes halogenated alkanes) is 3. The predicted octanol–water partition coefficient (Wildman–Crippen LogP) is 6.02. The fourth-order valence-corrected chi connectivity index (χ4v) is 9.00. The van der Waals surface area contributed by atoms with Crippen molar-refractivity contribution in [3.8, 4) is 0 Å². The molecular formula is C67H105N3O19S. The van der Waals surface area contributed by atoms with Crippen LogP contribution < -0.4 is 11.1 Å². The number of nitrogens with one attached hydrogen (secondary N) is 1. The largest absolute Gasteiger partial charge is 0.478 e. The number of ketones is 1. The molecule has 0 saturated heterocycles. The van der Waals surface area contributed by atoms with E-state index in [1.54, 1.807) is 79.8 Å². The van der Waals surface area contributed by atoms with E-state index in [0.29, 0.717) is 25.8 Å². The number of hydrogen-bond acceptors (Lipinski definition) is 18. The molecule has 22 nitrogen and oxygen atoms in total. The third kappa shape index (κ3) is 46.2. The number of nitrogens with zero attached hydrogens (tertiary/aromatic N) is 1. The van der Waals surface area contributed by atoms with Crippen LogP contribution in [0.5, 0.6) is 0 Å². The molecule has 15 unspecified atom stereocenters. The molecule has 15 atom stereocenters. The van der Waals surface area contributed by atoms with Gasteiger partial charge < -0.3 is 67.0 Å². The van der Waals surface area contributed by atoms with Gasteiger partial charge in [-0.2, -0.15) is 8.42 Å². The lowest BCUT2D eigenvalue weighted by molar-refractivity contribution is -0.134. The number of aliphatic hydroxyl groups is 11. The van der Waals surface area contributed by atoms with Gasteiger partial charge >= 0.3 is 16.4 Å². The van der Waals surface area contributed by atoms with E-state index in [9.17, 15) is 83.5 Å². The summed E-state index contributed by atoms with van der Waals surface area (Å²) in [6, 6.07) is 0. The summed E-state index contributed by atoms with van der Waals surface area (Å²) in [4.78, 5) is 39.8. The van der Waals surface area contributed by atoms with Gasteiger partial charge in [-0.1, -0.05) is 192 Å².